The second-order valence-corrected chi connectivity index (χ2v) is 6.49. The van der Waals surface area contributed by atoms with Crippen molar-refractivity contribution in [3.8, 4) is 11.4 Å². The first-order valence-electron chi connectivity index (χ1n) is 5.85. The highest BCUT2D eigenvalue weighted by molar-refractivity contribution is 9.10. The summed E-state index contributed by atoms with van der Waals surface area (Å²) in [6.07, 6.45) is 0. The lowest BCUT2D eigenvalue weighted by Crippen LogP contribution is -2.25. The first-order chi connectivity index (χ1) is 8.84. The van der Waals surface area contributed by atoms with Crippen LogP contribution in [-0.4, -0.2) is 19.9 Å². The van der Waals surface area contributed by atoms with Crippen molar-refractivity contribution in [1.82, 2.24) is 14.8 Å². The van der Waals surface area contributed by atoms with E-state index >= 15 is 0 Å². The Kier molecular flexibility index (Phi) is 3.99. The van der Waals surface area contributed by atoms with E-state index in [2.05, 4.69) is 26.1 Å². The second-order valence-electron chi connectivity index (χ2n) is 5.23. The molecule has 0 unspecified atom stereocenters. The van der Waals surface area contributed by atoms with Crippen LogP contribution >= 0.6 is 27.5 Å². The van der Waals surface area contributed by atoms with Crippen LogP contribution in [0, 0.1) is 0 Å². The summed E-state index contributed by atoms with van der Waals surface area (Å²) in [5.74, 6) is 1.24. The molecular weight excluding hydrogens is 330 g/mol. The summed E-state index contributed by atoms with van der Waals surface area (Å²) in [5, 5.41) is 18.2. The lowest BCUT2D eigenvalue weighted by atomic mass is 10.1. The summed E-state index contributed by atoms with van der Waals surface area (Å²) in [5.41, 5.74) is 0.645. The molecule has 1 aromatic carbocycles. The van der Waals surface area contributed by atoms with Crippen LogP contribution in [0.5, 0.6) is 0 Å². The van der Waals surface area contributed by atoms with Crippen molar-refractivity contribution >= 4 is 27.5 Å². The monoisotopic (exact) mass is 343 g/mol. The van der Waals surface area contributed by atoms with Crippen molar-refractivity contribution in [2.75, 3.05) is 0 Å². The molecule has 0 saturated heterocycles. The van der Waals surface area contributed by atoms with E-state index in [4.69, 9.17) is 11.6 Å². The average Bonchev–Trinajstić information content (AvgIpc) is 2.76. The van der Waals surface area contributed by atoms with Gasteiger partial charge in [-0.05, 0) is 54.9 Å². The highest BCUT2D eigenvalue weighted by Crippen LogP contribution is 2.31. The Bertz CT molecular complexity index is 604. The van der Waals surface area contributed by atoms with Crippen molar-refractivity contribution in [2.24, 2.45) is 0 Å². The van der Waals surface area contributed by atoms with Gasteiger partial charge in [0, 0.05) is 15.6 Å². The maximum Gasteiger partial charge on any atom is 0.164 e. The van der Waals surface area contributed by atoms with Crippen LogP contribution in [0.1, 0.15) is 26.6 Å². The van der Waals surface area contributed by atoms with Crippen LogP contribution in [-0.2, 0) is 12.1 Å². The fraction of sp³-hybridized carbons (Fsp3) is 0.385. The first-order valence-corrected chi connectivity index (χ1v) is 7.02. The number of benzene rings is 1. The van der Waals surface area contributed by atoms with Gasteiger partial charge in [-0.2, -0.15) is 0 Å². The van der Waals surface area contributed by atoms with Crippen LogP contribution in [0.15, 0.2) is 22.7 Å². The van der Waals surface area contributed by atoms with Crippen LogP contribution in [0.3, 0.4) is 0 Å². The zero-order valence-electron chi connectivity index (χ0n) is 11.0. The molecule has 0 saturated carbocycles. The Morgan fingerprint density at radius 3 is 2.53 bits per heavy atom. The average molecular weight is 345 g/mol. The quantitative estimate of drug-likeness (QED) is 0.905. The van der Waals surface area contributed by atoms with Crippen LogP contribution < -0.4 is 0 Å². The Morgan fingerprint density at radius 1 is 1.32 bits per heavy atom. The molecule has 0 amide bonds. The normalized spacial score (nSPS) is 11.9. The number of halogens is 2. The maximum absolute atomic E-state index is 9.38. The molecule has 4 nitrogen and oxygen atoms in total. The molecule has 0 atom stereocenters. The lowest BCUT2D eigenvalue weighted by molar-refractivity contribution is 0.250. The molecular formula is C13H15BrClN3O. The van der Waals surface area contributed by atoms with Crippen LogP contribution in [0.2, 0.25) is 5.02 Å². The molecule has 0 spiro atoms. The summed E-state index contributed by atoms with van der Waals surface area (Å²) >= 11 is 9.48. The number of nitrogens with zero attached hydrogens (tertiary/aromatic N) is 3. The Hall–Kier alpha value is -0.910. The van der Waals surface area contributed by atoms with Gasteiger partial charge in [-0.1, -0.05) is 11.6 Å². The smallest absolute Gasteiger partial charge is 0.164 e. The molecule has 1 N–H and O–H groups in total. The summed E-state index contributed by atoms with van der Waals surface area (Å²) in [7, 11) is 0. The molecule has 0 bridgehead atoms. The van der Waals surface area contributed by atoms with Gasteiger partial charge in [0.1, 0.15) is 6.61 Å². The van der Waals surface area contributed by atoms with Gasteiger partial charge in [0.05, 0.1) is 5.02 Å². The topological polar surface area (TPSA) is 50.9 Å². The molecule has 0 aliphatic heterocycles. The number of aliphatic hydroxyl groups is 1. The number of aromatic nitrogens is 3. The third kappa shape index (κ3) is 2.83. The fourth-order valence-corrected chi connectivity index (χ4v) is 2.37. The highest BCUT2D eigenvalue weighted by atomic mass is 79.9. The van der Waals surface area contributed by atoms with E-state index in [0.717, 1.165) is 10.0 Å². The van der Waals surface area contributed by atoms with Gasteiger partial charge in [0.25, 0.3) is 0 Å². The van der Waals surface area contributed by atoms with Crippen molar-refractivity contribution in [2.45, 2.75) is 32.9 Å². The predicted molar refractivity (Wildman–Crippen MR) is 79.1 cm³/mol. The fourth-order valence-electron chi connectivity index (χ4n) is 1.95. The molecule has 1 heterocycles. The van der Waals surface area contributed by atoms with Crippen LogP contribution in [0.25, 0.3) is 11.4 Å². The largest absolute Gasteiger partial charge is 0.388 e. The van der Waals surface area contributed by atoms with Crippen LogP contribution in [0.4, 0.5) is 0 Å². The molecule has 19 heavy (non-hydrogen) atoms. The number of aliphatic hydroxyl groups excluding tert-OH is 1. The summed E-state index contributed by atoms with van der Waals surface area (Å²) in [6.45, 7) is 5.98. The van der Waals surface area contributed by atoms with Gasteiger partial charge in [0.2, 0.25) is 0 Å². The molecule has 1 aromatic heterocycles. The molecule has 0 aliphatic rings. The molecule has 102 valence electrons. The van der Waals surface area contributed by atoms with Gasteiger partial charge in [-0.3, -0.25) is 0 Å². The minimum Gasteiger partial charge on any atom is -0.388 e. The zero-order valence-corrected chi connectivity index (χ0v) is 13.3. The first kappa shape index (κ1) is 14.5. The van der Waals surface area contributed by atoms with Gasteiger partial charge >= 0.3 is 0 Å². The Morgan fingerprint density at radius 2 is 2.00 bits per heavy atom. The number of hydrogen-bond donors (Lipinski definition) is 1. The van der Waals surface area contributed by atoms with Gasteiger partial charge in [0.15, 0.2) is 11.6 Å². The molecule has 0 fully saturated rings. The molecule has 0 radical (unpaired) electrons. The van der Waals surface area contributed by atoms with E-state index in [9.17, 15) is 5.11 Å². The summed E-state index contributed by atoms with van der Waals surface area (Å²) in [6, 6.07) is 5.63. The van der Waals surface area contributed by atoms with Crippen molar-refractivity contribution in [3.05, 3.63) is 33.5 Å². The Labute approximate surface area is 125 Å². The Balaban J connectivity index is 2.62. The lowest BCUT2D eigenvalue weighted by Gasteiger charge is -2.24. The minimum absolute atomic E-state index is 0.144. The maximum atomic E-state index is 9.38. The molecule has 6 heteroatoms. The molecule has 0 aliphatic carbocycles. The van der Waals surface area contributed by atoms with Crippen molar-refractivity contribution < 1.29 is 5.11 Å². The van der Waals surface area contributed by atoms with E-state index in [0.29, 0.717) is 16.7 Å². The second kappa shape index (κ2) is 5.23. The molecule has 2 aromatic rings. The van der Waals surface area contributed by atoms with E-state index in [1.165, 1.54) is 0 Å². The summed E-state index contributed by atoms with van der Waals surface area (Å²) < 4.78 is 2.76. The standard InChI is InChI=1S/C13H15BrClN3O/c1-13(2,3)18-11(7-19)16-17-12(18)8-4-5-9(14)10(15)6-8/h4-6,19H,7H2,1-3H3. The highest BCUT2D eigenvalue weighted by Gasteiger charge is 2.23. The predicted octanol–water partition coefficient (Wildman–Crippen LogP) is 3.61. The van der Waals surface area contributed by atoms with E-state index in [-0.39, 0.29) is 12.1 Å². The minimum atomic E-state index is -0.226. The van der Waals surface area contributed by atoms with E-state index in [1.807, 2.05) is 43.5 Å². The number of rotatable bonds is 2. The van der Waals surface area contributed by atoms with Gasteiger partial charge < -0.3 is 9.67 Å². The molecule has 2 rings (SSSR count). The number of hydrogen-bond acceptors (Lipinski definition) is 3. The van der Waals surface area contributed by atoms with E-state index in [1.54, 1.807) is 0 Å². The van der Waals surface area contributed by atoms with Crippen molar-refractivity contribution in [1.29, 1.82) is 0 Å². The summed E-state index contributed by atoms with van der Waals surface area (Å²) in [4.78, 5) is 0. The zero-order chi connectivity index (χ0) is 14.2. The SMILES string of the molecule is CC(C)(C)n1c(CO)nnc1-c1ccc(Br)c(Cl)c1. The third-order valence-electron chi connectivity index (χ3n) is 2.72. The third-order valence-corrected chi connectivity index (χ3v) is 3.95. The van der Waals surface area contributed by atoms with Gasteiger partial charge in [-0.15, -0.1) is 10.2 Å². The van der Waals surface area contributed by atoms with Gasteiger partial charge in [-0.25, -0.2) is 0 Å². The van der Waals surface area contributed by atoms with Crippen molar-refractivity contribution in [3.63, 3.8) is 0 Å². The van der Waals surface area contributed by atoms with E-state index < -0.39 is 0 Å².